The highest BCUT2D eigenvalue weighted by atomic mass is 15.1. The van der Waals surface area contributed by atoms with Gasteiger partial charge in [0, 0.05) is 24.0 Å². The predicted octanol–water partition coefficient (Wildman–Crippen LogP) is 4.17. The molecule has 2 aromatic rings. The van der Waals surface area contributed by atoms with Gasteiger partial charge in [-0.25, -0.2) is 0 Å². The number of aryl methyl sites for hydroxylation is 1. The van der Waals surface area contributed by atoms with Crippen LogP contribution in [-0.4, -0.2) is 6.54 Å². The Morgan fingerprint density at radius 1 is 1.05 bits per heavy atom. The van der Waals surface area contributed by atoms with Gasteiger partial charge in [0.25, 0.3) is 0 Å². The molecule has 0 aromatic heterocycles. The lowest BCUT2D eigenvalue weighted by Gasteiger charge is -2.24. The highest BCUT2D eigenvalue weighted by Gasteiger charge is 2.07. The Morgan fingerprint density at radius 2 is 1.74 bits per heavy atom. The minimum atomic E-state index is 0.0862. The lowest BCUT2D eigenvalue weighted by Crippen LogP contribution is -2.16. The SMILES string of the molecule is CCN(c1ccc([C@H](C)N)cc1)c1cccc(C)c1. The molecule has 0 aliphatic carbocycles. The highest BCUT2D eigenvalue weighted by Crippen LogP contribution is 2.26. The molecule has 0 saturated heterocycles. The summed E-state index contributed by atoms with van der Waals surface area (Å²) >= 11 is 0. The smallest absolute Gasteiger partial charge is 0.0413 e. The summed E-state index contributed by atoms with van der Waals surface area (Å²) in [4.78, 5) is 2.30. The molecule has 0 fully saturated rings. The lowest BCUT2D eigenvalue weighted by molar-refractivity contribution is 0.818. The Labute approximate surface area is 115 Å². The molecule has 2 nitrogen and oxygen atoms in total. The summed E-state index contributed by atoms with van der Waals surface area (Å²) in [6.07, 6.45) is 0. The number of rotatable bonds is 4. The van der Waals surface area contributed by atoms with Crippen molar-refractivity contribution in [3.8, 4) is 0 Å². The normalized spacial score (nSPS) is 12.2. The maximum Gasteiger partial charge on any atom is 0.0413 e. The van der Waals surface area contributed by atoms with E-state index in [1.807, 2.05) is 6.92 Å². The van der Waals surface area contributed by atoms with Crippen molar-refractivity contribution < 1.29 is 0 Å². The zero-order valence-corrected chi connectivity index (χ0v) is 11.9. The molecule has 0 amide bonds. The molecule has 2 heteroatoms. The standard InChI is InChI=1S/C17H22N2/c1-4-19(17-7-5-6-13(2)12-17)16-10-8-15(9-11-16)14(3)18/h5-12,14H,4,18H2,1-3H3/t14-/m0/s1. The molecule has 100 valence electrons. The van der Waals surface area contributed by atoms with E-state index in [1.54, 1.807) is 0 Å². The van der Waals surface area contributed by atoms with Crippen molar-refractivity contribution in [1.82, 2.24) is 0 Å². The van der Waals surface area contributed by atoms with Crippen LogP contribution in [0, 0.1) is 6.92 Å². The van der Waals surface area contributed by atoms with E-state index in [0.29, 0.717) is 0 Å². The Kier molecular flexibility index (Phi) is 4.23. The van der Waals surface area contributed by atoms with E-state index in [9.17, 15) is 0 Å². The van der Waals surface area contributed by atoms with Gasteiger partial charge in [-0.3, -0.25) is 0 Å². The van der Waals surface area contributed by atoms with Crippen molar-refractivity contribution in [2.45, 2.75) is 26.8 Å². The van der Waals surface area contributed by atoms with Crippen LogP contribution in [0.4, 0.5) is 11.4 Å². The number of hydrogen-bond acceptors (Lipinski definition) is 2. The van der Waals surface area contributed by atoms with Crippen LogP contribution in [0.2, 0.25) is 0 Å². The van der Waals surface area contributed by atoms with Gasteiger partial charge in [-0.1, -0.05) is 24.3 Å². The average Bonchev–Trinajstić information content (AvgIpc) is 2.40. The van der Waals surface area contributed by atoms with Crippen LogP contribution in [0.15, 0.2) is 48.5 Å². The molecular weight excluding hydrogens is 232 g/mol. The summed E-state index contributed by atoms with van der Waals surface area (Å²) < 4.78 is 0. The topological polar surface area (TPSA) is 29.3 Å². The summed E-state index contributed by atoms with van der Waals surface area (Å²) in [6, 6.07) is 17.2. The van der Waals surface area contributed by atoms with Gasteiger partial charge < -0.3 is 10.6 Å². The van der Waals surface area contributed by atoms with Crippen molar-refractivity contribution in [3.05, 3.63) is 59.7 Å². The monoisotopic (exact) mass is 254 g/mol. The summed E-state index contributed by atoms with van der Waals surface area (Å²) in [5, 5.41) is 0. The summed E-state index contributed by atoms with van der Waals surface area (Å²) in [6.45, 7) is 7.24. The van der Waals surface area contributed by atoms with E-state index in [2.05, 4.69) is 67.3 Å². The molecule has 0 heterocycles. The first kappa shape index (κ1) is 13.6. The third-order valence-corrected chi connectivity index (χ3v) is 3.36. The molecule has 2 N–H and O–H groups in total. The Morgan fingerprint density at radius 3 is 2.26 bits per heavy atom. The third kappa shape index (κ3) is 3.15. The van der Waals surface area contributed by atoms with Crippen LogP contribution in [0.1, 0.15) is 31.0 Å². The molecule has 0 unspecified atom stereocenters. The van der Waals surface area contributed by atoms with Gasteiger partial charge in [0.1, 0.15) is 0 Å². The van der Waals surface area contributed by atoms with Gasteiger partial charge in [0.15, 0.2) is 0 Å². The Hall–Kier alpha value is -1.80. The molecule has 2 aromatic carbocycles. The van der Waals surface area contributed by atoms with E-state index >= 15 is 0 Å². The van der Waals surface area contributed by atoms with E-state index in [-0.39, 0.29) is 6.04 Å². The van der Waals surface area contributed by atoms with Crippen LogP contribution in [-0.2, 0) is 0 Å². The van der Waals surface area contributed by atoms with Crippen molar-refractivity contribution in [2.75, 3.05) is 11.4 Å². The second-order valence-corrected chi connectivity index (χ2v) is 4.96. The number of nitrogens with zero attached hydrogens (tertiary/aromatic N) is 1. The van der Waals surface area contributed by atoms with Gasteiger partial charge in [0.2, 0.25) is 0 Å². The van der Waals surface area contributed by atoms with E-state index < -0.39 is 0 Å². The molecule has 0 aliphatic heterocycles. The molecule has 0 saturated carbocycles. The van der Waals surface area contributed by atoms with Crippen LogP contribution in [0.5, 0.6) is 0 Å². The molecule has 0 aliphatic rings. The molecule has 1 atom stereocenters. The number of nitrogens with two attached hydrogens (primary N) is 1. The van der Waals surface area contributed by atoms with Crippen LogP contribution in [0.25, 0.3) is 0 Å². The third-order valence-electron chi connectivity index (χ3n) is 3.36. The quantitative estimate of drug-likeness (QED) is 0.887. The first-order chi connectivity index (χ1) is 9.11. The fourth-order valence-corrected chi connectivity index (χ4v) is 2.27. The molecule has 19 heavy (non-hydrogen) atoms. The second-order valence-electron chi connectivity index (χ2n) is 4.96. The minimum absolute atomic E-state index is 0.0862. The fourth-order valence-electron chi connectivity index (χ4n) is 2.27. The average molecular weight is 254 g/mol. The highest BCUT2D eigenvalue weighted by molar-refractivity contribution is 5.64. The minimum Gasteiger partial charge on any atom is -0.342 e. The van der Waals surface area contributed by atoms with Gasteiger partial charge in [-0.05, 0) is 56.2 Å². The molecule has 0 bridgehead atoms. The van der Waals surface area contributed by atoms with Crippen LogP contribution in [0.3, 0.4) is 0 Å². The lowest BCUT2D eigenvalue weighted by atomic mass is 10.1. The van der Waals surface area contributed by atoms with Crippen molar-refractivity contribution in [2.24, 2.45) is 5.73 Å². The van der Waals surface area contributed by atoms with Gasteiger partial charge >= 0.3 is 0 Å². The summed E-state index contributed by atoms with van der Waals surface area (Å²) in [5.74, 6) is 0. The fraction of sp³-hybridized carbons (Fsp3) is 0.294. The maximum absolute atomic E-state index is 5.89. The van der Waals surface area contributed by atoms with Gasteiger partial charge in [-0.2, -0.15) is 0 Å². The van der Waals surface area contributed by atoms with Crippen LogP contribution >= 0.6 is 0 Å². The number of hydrogen-bond donors (Lipinski definition) is 1. The number of anilines is 2. The zero-order chi connectivity index (χ0) is 13.8. The maximum atomic E-state index is 5.89. The van der Waals surface area contributed by atoms with Crippen LogP contribution < -0.4 is 10.6 Å². The van der Waals surface area contributed by atoms with E-state index in [0.717, 1.165) is 6.54 Å². The van der Waals surface area contributed by atoms with Gasteiger partial charge in [-0.15, -0.1) is 0 Å². The largest absolute Gasteiger partial charge is 0.342 e. The summed E-state index contributed by atoms with van der Waals surface area (Å²) in [7, 11) is 0. The first-order valence-electron chi connectivity index (χ1n) is 6.81. The van der Waals surface area contributed by atoms with Gasteiger partial charge in [0.05, 0.1) is 0 Å². The van der Waals surface area contributed by atoms with Crippen molar-refractivity contribution in [3.63, 3.8) is 0 Å². The van der Waals surface area contributed by atoms with Crippen molar-refractivity contribution in [1.29, 1.82) is 0 Å². The molecular formula is C17H22N2. The molecule has 2 rings (SSSR count). The predicted molar refractivity (Wildman–Crippen MR) is 82.9 cm³/mol. The Balaban J connectivity index is 2.31. The second kappa shape index (κ2) is 5.89. The number of benzene rings is 2. The van der Waals surface area contributed by atoms with E-state index in [4.69, 9.17) is 5.73 Å². The van der Waals surface area contributed by atoms with Crippen molar-refractivity contribution >= 4 is 11.4 Å². The summed E-state index contributed by atoms with van der Waals surface area (Å²) in [5.41, 5.74) is 10.8. The Bertz CT molecular complexity index is 529. The first-order valence-corrected chi connectivity index (χ1v) is 6.81. The van der Waals surface area contributed by atoms with E-state index in [1.165, 1.54) is 22.5 Å². The molecule has 0 radical (unpaired) electrons. The zero-order valence-electron chi connectivity index (χ0n) is 11.9. The molecule has 0 spiro atoms.